The molecule has 3 rings (SSSR count). The van der Waals surface area contributed by atoms with Gasteiger partial charge in [0.2, 0.25) is 0 Å². The molecule has 2 aliphatic carbocycles. The lowest BCUT2D eigenvalue weighted by atomic mass is 10.1. The van der Waals surface area contributed by atoms with E-state index in [1.807, 2.05) is 6.20 Å². The molecule has 0 aromatic carbocycles. The van der Waals surface area contributed by atoms with Crippen LogP contribution >= 0.6 is 0 Å². The van der Waals surface area contributed by atoms with Crippen molar-refractivity contribution in [2.24, 2.45) is 5.73 Å². The van der Waals surface area contributed by atoms with E-state index in [9.17, 15) is 5.11 Å². The van der Waals surface area contributed by atoms with E-state index < -0.39 is 0 Å². The Morgan fingerprint density at radius 2 is 2.12 bits per heavy atom. The average Bonchev–Trinajstić information content (AvgIpc) is 2.86. The van der Waals surface area contributed by atoms with Crippen LogP contribution in [0.5, 0.6) is 0 Å². The Morgan fingerprint density at radius 3 is 2.88 bits per heavy atom. The van der Waals surface area contributed by atoms with E-state index in [-0.39, 0.29) is 18.2 Å². The molecule has 1 fully saturated rings. The predicted molar refractivity (Wildman–Crippen MR) is 65.6 cm³/mol. The summed E-state index contributed by atoms with van der Waals surface area (Å²) in [6, 6.07) is 0.323. The van der Waals surface area contributed by atoms with Crippen molar-refractivity contribution < 1.29 is 5.11 Å². The minimum Gasteiger partial charge on any atom is -0.391 e. The molecule has 0 spiro atoms. The van der Waals surface area contributed by atoms with Gasteiger partial charge < -0.3 is 10.8 Å². The molecule has 0 amide bonds. The number of nitrogens with zero attached hydrogens (tertiary/aromatic N) is 2. The van der Waals surface area contributed by atoms with Gasteiger partial charge in [-0.15, -0.1) is 0 Å². The number of rotatable bonds is 1. The molecule has 0 saturated heterocycles. The fourth-order valence-corrected chi connectivity index (χ4v) is 3.27. The van der Waals surface area contributed by atoms with Crippen LogP contribution in [0.4, 0.5) is 0 Å². The third-order valence-corrected chi connectivity index (χ3v) is 4.27. The molecular weight excluding hydrogens is 214 g/mol. The Morgan fingerprint density at radius 1 is 1.24 bits per heavy atom. The third kappa shape index (κ3) is 1.89. The molecule has 0 aliphatic heterocycles. The topological polar surface area (TPSA) is 64.1 Å². The highest BCUT2D eigenvalue weighted by Gasteiger charge is 2.31. The second-order valence-corrected chi connectivity index (χ2v) is 5.41. The van der Waals surface area contributed by atoms with Gasteiger partial charge in [0.25, 0.3) is 0 Å². The molecule has 1 aromatic rings. The van der Waals surface area contributed by atoms with Gasteiger partial charge in [0.15, 0.2) is 0 Å². The quantitative estimate of drug-likeness (QED) is 0.728. The maximum absolute atomic E-state index is 10.0. The van der Waals surface area contributed by atoms with Crippen molar-refractivity contribution in [3.63, 3.8) is 0 Å². The first-order chi connectivity index (χ1) is 8.27. The van der Waals surface area contributed by atoms with Crippen molar-refractivity contribution in [2.45, 2.75) is 63.1 Å². The highest BCUT2D eigenvalue weighted by molar-refractivity contribution is 5.24. The summed E-state index contributed by atoms with van der Waals surface area (Å²) in [5.41, 5.74) is 8.67. The average molecular weight is 235 g/mol. The first kappa shape index (κ1) is 11.2. The van der Waals surface area contributed by atoms with Gasteiger partial charge in [0, 0.05) is 17.3 Å². The number of hydrogen-bond acceptors (Lipinski definition) is 3. The minimum absolute atomic E-state index is 0.139. The number of nitrogens with two attached hydrogens (primary N) is 1. The van der Waals surface area contributed by atoms with Gasteiger partial charge in [-0.2, -0.15) is 5.10 Å². The van der Waals surface area contributed by atoms with Gasteiger partial charge in [-0.05, 0) is 38.5 Å². The zero-order valence-corrected chi connectivity index (χ0v) is 10.2. The fourth-order valence-electron chi connectivity index (χ4n) is 3.27. The molecule has 4 heteroatoms. The van der Waals surface area contributed by atoms with Crippen molar-refractivity contribution in [3.8, 4) is 0 Å². The van der Waals surface area contributed by atoms with Crippen LogP contribution < -0.4 is 5.73 Å². The molecule has 17 heavy (non-hydrogen) atoms. The first-order valence-electron chi connectivity index (χ1n) is 6.77. The number of aliphatic hydroxyl groups is 1. The molecule has 94 valence electrons. The summed E-state index contributed by atoms with van der Waals surface area (Å²) in [6.07, 6.45) is 9.27. The summed E-state index contributed by atoms with van der Waals surface area (Å²) < 4.78 is 2.07. The number of aliphatic hydroxyl groups excluding tert-OH is 1. The first-order valence-corrected chi connectivity index (χ1v) is 6.77. The van der Waals surface area contributed by atoms with E-state index in [2.05, 4.69) is 9.78 Å². The zero-order chi connectivity index (χ0) is 11.8. The Balaban J connectivity index is 1.96. The fraction of sp³-hybridized carbons (Fsp3) is 0.769. The summed E-state index contributed by atoms with van der Waals surface area (Å²) in [5, 5.41) is 14.5. The van der Waals surface area contributed by atoms with E-state index in [0.29, 0.717) is 0 Å². The molecular formula is C13H21N3O. The van der Waals surface area contributed by atoms with Crippen LogP contribution in [0.25, 0.3) is 0 Å². The molecule has 4 nitrogen and oxygen atoms in total. The van der Waals surface area contributed by atoms with Crippen LogP contribution in [0.15, 0.2) is 6.20 Å². The molecule has 3 N–H and O–H groups in total. The highest BCUT2D eigenvalue weighted by Crippen LogP contribution is 2.34. The largest absolute Gasteiger partial charge is 0.391 e. The smallest absolute Gasteiger partial charge is 0.0781 e. The number of aromatic nitrogens is 2. The lowest BCUT2D eigenvalue weighted by Gasteiger charge is -2.18. The summed E-state index contributed by atoms with van der Waals surface area (Å²) in [7, 11) is 0. The predicted octanol–water partition coefficient (Wildman–Crippen LogP) is 1.70. The minimum atomic E-state index is -0.224. The zero-order valence-electron chi connectivity index (χ0n) is 10.2. The summed E-state index contributed by atoms with van der Waals surface area (Å²) in [5.74, 6) is 0. The molecule has 1 heterocycles. The Hall–Kier alpha value is -0.870. The number of fused-ring (bicyclic) bond motifs is 1. The summed E-state index contributed by atoms with van der Waals surface area (Å²) >= 11 is 0. The van der Waals surface area contributed by atoms with Gasteiger partial charge in [-0.1, -0.05) is 6.42 Å². The SMILES string of the molecule is NC1CCCCc2c1cnn2C1CCCC1O. The maximum atomic E-state index is 10.0. The van der Waals surface area contributed by atoms with Crippen LogP contribution in [0.3, 0.4) is 0 Å². The lowest BCUT2D eigenvalue weighted by Crippen LogP contribution is -2.21. The Kier molecular flexibility index (Phi) is 2.92. The van der Waals surface area contributed by atoms with Gasteiger partial charge in [0.05, 0.1) is 18.3 Å². The molecule has 0 radical (unpaired) electrons. The van der Waals surface area contributed by atoms with E-state index in [4.69, 9.17) is 5.73 Å². The van der Waals surface area contributed by atoms with Crippen LogP contribution in [0.2, 0.25) is 0 Å². The normalized spacial score (nSPS) is 33.4. The highest BCUT2D eigenvalue weighted by atomic mass is 16.3. The molecule has 1 aromatic heterocycles. The maximum Gasteiger partial charge on any atom is 0.0781 e. The summed E-state index contributed by atoms with van der Waals surface area (Å²) in [4.78, 5) is 0. The third-order valence-electron chi connectivity index (χ3n) is 4.27. The van der Waals surface area contributed by atoms with Crippen molar-refractivity contribution in [3.05, 3.63) is 17.5 Å². The number of hydrogen-bond donors (Lipinski definition) is 2. The van der Waals surface area contributed by atoms with Crippen molar-refractivity contribution in [1.82, 2.24) is 9.78 Å². The van der Waals surface area contributed by atoms with Gasteiger partial charge in [-0.3, -0.25) is 4.68 Å². The van der Waals surface area contributed by atoms with Gasteiger partial charge in [-0.25, -0.2) is 0 Å². The van der Waals surface area contributed by atoms with Crippen molar-refractivity contribution >= 4 is 0 Å². The molecule has 3 unspecified atom stereocenters. The van der Waals surface area contributed by atoms with E-state index in [0.717, 1.165) is 32.1 Å². The monoisotopic (exact) mass is 235 g/mol. The van der Waals surface area contributed by atoms with Crippen molar-refractivity contribution in [2.75, 3.05) is 0 Å². The van der Waals surface area contributed by atoms with Crippen LogP contribution in [-0.2, 0) is 6.42 Å². The van der Waals surface area contributed by atoms with Crippen LogP contribution in [0, 0.1) is 0 Å². The van der Waals surface area contributed by atoms with Gasteiger partial charge in [0.1, 0.15) is 0 Å². The molecule has 1 saturated carbocycles. The van der Waals surface area contributed by atoms with E-state index >= 15 is 0 Å². The second-order valence-electron chi connectivity index (χ2n) is 5.41. The second kappa shape index (κ2) is 4.42. The lowest BCUT2D eigenvalue weighted by molar-refractivity contribution is 0.128. The standard InChI is InChI=1S/C13H21N3O/c14-10-4-1-2-5-11-9(10)8-15-16(11)12-6-3-7-13(12)17/h8,10,12-13,17H,1-7,14H2. The molecule has 0 bridgehead atoms. The molecule has 2 aliphatic rings. The summed E-state index contributed by atoms with van der Waals surface area (Å²) in [6.45, 7) is 0. The Bertz CT molecular complexity index is 401. The van der Waals surface area contributed by atoms with E-state index in [1.54, 1.807) is 0 Å². The Labute approximate surface area is 102 Å². The van der Waals surface area contributed by atoms with Crippen molar-refractivity contribution in [1.29, 1.82) is 0 Å². The molecule has 3 atom stereocenters. The van der Waals surface area contributed by atoms with E-state index in [1.165, 1.54) is 24.1 Å². The van der Waals surface area contributed by atoms with Gasteiger partial charge >= 0.3 is 0 Å². The van der Waals surface area contributed by atoms with Crippen LogP contribution in [-0.4, -0.2) is 21.0 Å². The van der Waals surface area contributed by atoms with Crippen LogP contribution in [0.1, 0.15) is 61.9 Å².